The molecule has 14 aromatic rings. The van der Waals surface area contributed by atoms with Gasteiger partial charge in [-0.3, -0.25) is 4.57 Å². The fourth-order valence-electron chi connectivity index (χ4n) is 12.6. The summed E-state index contributed by atoms with van der Waals surface area (Å²) in [6.45, 7) is 15.7. The molecule has 0 aliphatic rings. The Kier molecular flexibility index (Phi) is 14.9. The third-order valence-electron chi connectivity index (χ3n) is 17.0. The first-order chi connectivity index (χ1) is 43.2. The number of hydrogen-bond donors (Lipinski definition) is 0. The number of aromatic nitrogens is 4. The molecule has 14 rings (SSSR count). The lowest BCUT2D eigenvalue weighted by molar-refractivity contribution is -0.676. The minimum atomic E-state index is -0.0455. The van der Waals surface area contributed by atoms with Gasteiger partial charge in [0.05, 0.1) is 35.2 Å². The smallest absolute Gasteiger partial charge is 0.244 e. The van der Waals surface area contributed by atoms with E-state index in [0.717, 1.165) is 76.6 Å². The quantitative estimate of drug-likeness (QED) is 0.0549. The van der Waals surface area contributed by atoms with E-state index in [4.69, 9.17) is 16.3 Å². The van der Waals surface area contributed by atoms with Crippen molar-refractivity contribution < 1.29 is 9.30 Å². The van der Waals surface area contributed by atoms with Gasteiger partial charge < -0.3 is 13.9 Å². The van der Waals surface area contributed by atoms with Crippen LogP contribution in [0.4, 0.5) is 5.69 Å². The lowest BCUT2D eigenvalue weighted by Gasteiger charge is -2.20. The van der Waals surface area contributed by atoms with Gasteiger partial charge in [0.2, 0.25) is 6.33 Å². The monoisotopic (exact) mass is 1140 g/mol. The molecular weight excluding hydrogens is 1070 g/mol. The van der Waals surface area contributed by atoms with Crippen molar-refractivity contribution in [3.8, 4) is 89.8 Å². The van der Waals surface area contributed by atoms with Gasteiger partial charge in [-0.2, -0.15) is 0 Å². The van der Waals surface area contributed by atoms with Gasteiger partial charge >= 0.3 is 0 Å². The highest BCUT2D eigenvalue weighted by molar-refractivity contribution is 6.09. The molecule has 88 heavy (non-hydrogen) atoms. The summed E-state index contributed by atoms with van der Waals surface area (Å²) in [6, 6.07) is 97.4. The number of imidazole rings is 1. The Bertz CT molecular complexity index is 4630. The normalized spacial score (nSPS) is 11.6. The molecule has 0 radical (unpaired) electrons. The molecule has 0 spiro atoms. The molecule has 0 amide bonds. The molecule has 3 aromatic heterocycles. The zero-order chi connectivity index (χ0) is 59.6. The van der Waals surface area contributed by atoms with Crippen molar-refractivity contribution in [1.29, 1.82) is 0 Å². The predicted octanol–water partition coefficient (Wildman–Crippen LogP) is 21.3. The molecule has 0 saturated heterocycles. The molecule has 0 aliphatic carbocycles. The number of nitrogens with zero attached hydrogens (tertiary/aromatic N) is 5. The number of rotatable bonds is 16. The van der Waals surface area contributed by atoms with E-state index in [2.05, 4.69) is 294 Å². The molecule has 0 aliphatic heterocycles. The second-order valence-corrected chi connectivity index (χ2v) is 23.9. The van der Waals surface area contributed by atoms with Crippen molar-refractivity contribution in [3.05, 3.63) is 308 Å². The van der Waals surface area contributed by atoms with Crippen molar-refractivity contribution in [3.63, 3.8) is 0 Å². The molecule has 11 aromatic carbocycles. The molecule has 0 unspecified atom stereocenters. The summed E-state index contributed by atoms with van der Waals surface area (Å²) in [5.41, 5.74) is 22.4. The van der Waals surface area contributed by atoms with E-state index in [0.29, 0.717) is 17.2 Å². The van der Waals surface area contributed by atoms with Crippen LogP contribution < -0.4 is 9.30 Å². The van der Waals surface area contributed by atoms with Gasteiger partial charge in [0.1, 0.15) is 17.3 Å². The van der Waals surface area contributed by atoms with Crippen LogP contribution in [0.3, 0.4) is 0 Å². The molecule has 0 bridgehead atoms. The average molecular weight is 1140 g/mol. The van der Waals surface area contributed by atoms with Gasteiger partial charge in [0.15, 0.2) is 5.69 Å². The van der Waals surface area contributed by atoms with Gasteiger partial charge in [-0.15, -0.1) is 0 Å². The lowest BCUT2D eigenvalue weighted by atomic mass is 9.85. The number of unbranched alkanes of at least 4 members (excludes halogenated alkanes) is 2. The maximum absolute atomic E-state index is 8.23. The van der Waals surface area contributed by atoms with E-state index in [1.807, 2.05) is 30.5 Å². The Morgan fingerprint density at radius 3 is 1.57 bits per heavy atom. The summed E-state index contributed by atoms with van der Waals surface area (Å²) < 4.78 is 13.3. The van der Waals surface area contributed by atoms with E-state index in [-0.39, 0.29) is 5.41 Å². The molecule has 3 heterocycles. The third kappa shape index (κ3) is 11.2. The topological polar surface area (TPSA) is 40.2 Å². The van der Waals surface area contributed by atoms with Crippen LogP contribution in [0.15, 0.2) is 279 Å². The number of ether oxygens (including phenoxy) is 1. The highest BCUT2D eigenvalue weighted by atomic mass is 16.5. The minimum Gasteiger partial charge on any atom is -0.459 e. The molecule has 6 heteroatoms. The number of aryl methyl sites for hydroxylation is 1. The summed E-state index contributed by atoms with van der Waals surface area (Å²) >= 11 is 0. The van der Waals surface area contributed by atoms with Crippen LogP contribution in [-0.2, 0) is 18.4 Å². The van der Waals surface area contributed by atoms with Crippen molar-refractivity contribution in [2.45, 2.75) is 58.4 Å². The van der Waals surface area contributed by atoms with Crippen LogP contribution in [-0.4, -0.2) is 14.1 Å². The Balaban J connectivity index is 0.782. The zero-order valence-corrected chi connectivity index (χ0v) is 49.7. The Morgan fingerprint density at radius 1 is 0.455 bits per heavy atom. The second kappa shape index (κ2) is 23.9. The fraction of sp³-hybridized carbons (Fsp3) is 0.110. The highest BCUT2D eigenvalue weighted by Crippen LogP contribution is 2.42. The van der Waals surface area contributed by atoms with E-state index < -0.39 is 0 Å². The number of hydrogen-bond acceptors (Lipinski definition) is 2. The Hall–Kier alpha value is -10.9. The standard InChI is InChI=1S/C82H65N5O/c1-82(2,3)67-42-43-84-81(51-67)87-77-37-20-19-34-75(77)76-41-40-70(55-80(76)87)88-71-53-68(83-4)52-69(54-71)86-56-85(78-38-21-22-39-79(78)86)44-23-9-18-33-74-72(65-47-61(57-25-10-5-11-26-57)45-62(48-65)58-27-12-6-13-28-58)35-24-36-73(74)66-49-63(59-29-14-7-15-30-59)46-64(50-66)60-31-16-8-17-32-60/h5-8,10-17,19-22,24-32,34-43,45-55H,9,18,23,33,44H2,1-3H3. The first-order valence-corrected chi connectivity index (χ1v) is 30.5. The second-order valence-electron chi connectivity index (χ2n) is 23.9. The highest BCUT2D eigenvalue weighted by Gasteiger charge is 2.21. The number of para-hydroxylation sites is 3. The van der Waals surface area contributed by atoms with E-state index in [1.165, 1.54) is 77.9 Å². The molecule has 0 saturated carbocycles. The molecule has 424 valence electrons. The SMILES string of the molecule is [C-]#[N+]c1cc(Oc2ccc3c4ccccc4n(-c4cc(C(C)(C)C)ccn4)c3c2)cc(-n2[c-][n+](CCCCCc3c(-c4cc(-c5ccccc5)cc(-c5ccccc5)c4)cccc3-c3cc(-c4ccccc4)cc(-c4ccccc4)c3)c3ccccc32)c1. The van der Waals surface area contributed by atoms with E-state index in [1.54, 1.807) is 0 Å². The van der Waals surface area contributed by atoms with Gasteiger partial charge in [-0.1, -0.05) is 209 Å². The third-order valence-corrected chi connectivity index (χ3v) is 17.0. The fourth-order valence-corrected chi connectivity index (χ4v) is 12.6. The van der Waals surface area contributed by atoms with Crippen LogP contribution in [0.25, 0.3) is 116 Å². The van der Waals surface area contributed by atoms with Gasteiger partial charge in [0.25, 0.3) is 0 Å². The first-order valence-electron chi connectivity index (χ1n) is 30.5. The van der Waals surface area contributed by atoms with Crippen LogP contribution in [0.5, 0.6) is 11.5 Å². The largest absolute Gasteiger partial charge is 0.459 e. The van der Waals surface area contributed by atoms with Crippen molar-refractivity contribution in [2.24, 2.45) is 0 Å². The summed E-state index contributed by atoms with van der Waals surface area (Å²) in [5.74, 6) is 2.09. The van der Waals surface area contributed by atoms with Crippen molar-refractivity contribution >= 4 is 38.5 Å². The average Bonchev–Trinajstić information content (AvgIpc) is 1.77. The van der Waals surface area contributed by atoms with Crippen LogP contribution in [0.2, 0.25) is 0 Å². The molecule has 0 atom stereocenters. The molecule has 0 fully saturated rings. The molecular formula is C82H65N5O. The van der Waals surface area contributed by atoms with E-state index >= 15 is 0 Å². The summed E-state index contributed by atoms with van der Waals surface area (Å²) in [7, 11) is 0. The van der Waals surface area contributed by atoms with Crippen LogP contribution >= 0.6 is 0 Å². The van der Waals surface area contributed by atoms with Crippen molar-refractivity contribution in [2.75, 3.05) is 0 Å². The summed E-state index contributed by atoms with van der Waals surface area (Å²) in [6.07, 6.45) is 9.45. The Morgan fingerprint density at radius 2 is 0.989 bits per heavy atom. The number of fused-ring (bicyclic) bond motifs is 4. The first kappa shape index (κ1) is 55.0. The molecule has 0 N–H and O–H groups in total. The number of benzene rings is 11. The van der Waals surface area contributed by atoms with Gasteiger partial charge in [-0.05, 0) is 188 Å². The predicted molar refractivity (Wildman–Crippen MR) is 363 cm³/mol. The number of pyridine rings is 1. The van der Waals surface area contributed by atoms with Crippen molar-refractivity contribution in [1.82, 2.24) is 14.1 Å². The maximum atomic E-state index is 8.23. The van der Waals surface area contributed by atoms with Gasteiger partial charge in [0, 0.05) is 28.7 Å². The van der Waals surface area contributed by atoms with Crippen LogP contribution in [0, 0.1) is 12.9 Å². The summed E-state index contributed by atoms with van der Waals surface area (Å²) in [5, 5.41) is 2.25. The van der Waals surface area contributed by atoms with Gasteiger partial charge in [-0.25, -0.2) is 9.83 Å². The lowest BCUT2D eigenvalue weighted by Crippen LogP contribution is -2.32. The van der Waals surface area contributed by atoms with E-state index in [9.17, 15) is 0 Å². The Labute approximate surface area is 515 Å². The molecule has 6 nitrogen and oxygen atoms in total. The zero-order valence-electron chi connectivity index (χ0n) is 49.7. The van der Waals surface area contributed by atoms with Crippen LogP contribution in [0.1, 0.15) is 51.2 Å². The minimum absolute atomic E-state index is 0.0455. The maximum Gasteiger partial charge on any atom is 0.244 e. The summed E-state index contributed by atoms with van der Waals surface area (Å²) in [4.78, 5) is 8.84.